The maximum Gasteiger partial charge on any atom is 0.129 e. The number of β-amino-alcohol motifs (C(OH)–C–C–N with tert-alkyl or cyclic N) is 1. The van der Waals surface area contributed by atoms with Gasteiger partial charge in [0.25, 0.3) is 0 Å². The van der Waals surface area contributed by atoms with Crippen molar-refractivity contribution in [3.63, 3.8) is 0 Å². The number of benzene rings is 1. The zero-order valence-electron chi connectivity index (χ0n) is 13.2. The molecule has 2 heterocycles. The van der Waals surface area contributed by atoms with Gasteiger partial charge in [-0.15, -0.1) is 5.10 Å². The average Bonchev–Trinajstić information content (AvgIpc) is 3.11. The summed E-state index contributed by atoms with van der Waals surface area (Å²) in [5.41, 5.74) is -0.0252. The molecule has 2 aromatic rings. The fraction of sp³-hybridized carbons (Fsp3) is 0.500. The maximum atomic E-state index is 13.9. The molecule has 124 valence electrons. The van der Waals surface area contributed by atoms with Crippen molar-refractivity contribution in [1.82, 2.24) is 19.9 Å². The van der Waals surface area contributed by atoms with Crippen LogP contribution in [-0.2, 0) is 12.1 Å². The molecule has 7 heteroatoms. The van der Waals surface area contributed by atoms with Crippen molar-refractivity contribution < 1.29 is 9.50 Å². The average molecular weight is 339 g/mol. The molecule has 1 aliphatic rings. The second-order valence-corrected chi connectivity index (χ2v) is 6.78. The Labute approximate surface area is 139 Å². The molecule has 1 aromatic heterocycles. The summed E-state index contributed by atoms with van der Waals surface area (Å²) in [4.78, 5) is 1.98. The minimum atomic E-state index is -1.05. The first-order valence-electron chi connectivity index (χ1n) is 7.69. The lowest BCUT2D eigenvalue weighted by atomic mass is 10.00. The molecule has 0 saturated carbocycles. The van der Waals surface area contributed by atoms with Crippen LogP contribution in [0.3, 0.4) is 0 Å². The molecule has 1 atom stereocenters. The Bertz CT molecular complexity index is 685. The van der Waals surface area contributed by atoms with E-state index in [1.54, 1.807) is 23.0 Å². The van der Waals surface area contributed by atoms with Crippen LogP contribution < -0.4 is 0 Å². The molecule has 0 bridgehead atoms. The summed E-state index contributed by atoms with van der Waals surface area (Å²) in [6, 6.07) is 4.86. The summed E-state index contributed by atoms with van der Waals surface area (Å²) in [5.74, 6) is -0.321. The summed E-state index contributed by atoms with van der Waals surface area (Å²) >= 11 is 6.08. The Kier molecular flexibility index (Phi) is 4.40. The van der Waals surface area contributed by atoms with Gasteiger partial charge in [0.05, 0.1) is 6.20 Å². The van der Waals surface area contributed by atoms with Crippen LogP contribution in [0, 0.1) is 5.82 Å². The van der Waals surface area contributed by atoms with Gasteiger partial charge < -0.3 is 5.11 Å². The normalized spacial score (nSPS) is 22.2. The van der Waals surface area contributed by atoms with Gasteiger partial charge >= 0.3 is 0 Å². The Morgan fingerprint density at radius 1 is 1.43 bits per heavy atom. The molecule has 0 unspecified atom stereocenters. The standard InChI is InChI=1S/C16H20ClFN4O/c1-11(2)22-9-15(19-20-22)16(23)6-7-21(10-16)8-12-13(17)4-3-5-14(12)18/h3-5,9,11,23H,6-8,10H2,1-2H3/t16-/m0/s1. The monoisotopic (exact) mass is 338 g/mol. The van der Waals surface area contributed by atoms with Gasteiger partial charge in [0, 0.05) is 36.3 Å². The fourth-order valence-electron chi connectivity index (χ4n) is 2.86. The van der Waals surface area contributed by atoms with E-state index in [4.69, 9.17) is 11.6 Å². The highest BCUT2D eigenvalue weighted by molar-refractivity contribution is 6.31. The number of aromatic nitrogens is 3. The molecular formula is C16H20ClFN4O. The molecular weight excluding hydrogens is 319 g/mol. The summed E-state index contributed by atoms with van der Waals surface area (Å²) in [5, 5.41) is 19.4. The summed E-state index contributed by atoms with van der Waals surface area (Å²) in [7, 11) is 0. The van der Waals surface area contributed by atoms with Crippen molar-refractivity contribution >= 4 is 11.6 Å². The molecule has 1 N–H and O–H groups in total. The molecule has 5 nitrogen and oxygen atoms in total. The van der Waals surface area contributed by atoms with Crippen molar-refractivity contribution in [3.8, 4) is 0 Å². The van der Waals surface area contributed by atoms with Crippen LogP contribution in [0.5, 0.6) is 0 Å². The van der Waals surface area contributed by atoms with Crippen LogP contribution in [0.1, 0.15) is 37.6 Å². The van der Waals surface area contributed by atoms with Gasteiger partial charge in [-0.3, -0.25) is 4.90 Å². The fourth-order valence-corrected chi connectivity index (χ4v) is 3.09. The second kappa shape index (κ2) is 6.19. The molecule has 1 aromatic carbocycles. The summed E-state index contributed by atoms with van der Waals surface area (Å²) < 4.78 is 15.6. The van der Waals surface area contributed by atoms with Gasteiger partial charge in [-0.1, -0.05) is 22.9 Å². The smallest absolute Gasteiger partial charge is 0.129 e. The maximum absolute atomic E-state index is 13.9. The quantitative estimate of drug-likeness (QED) is 0.931. The Morgan fingerprint density at radius 2 is 2.22 bits per heavy atom. The minimum Gasteiger partial charge on any atom is -0.382 e. The third-order valence-electron chi connectivity index (χ3n) is 4.29. The lowest BCUT2D eigenvalue weighted by Gasteiger charge is -2.21. The second-order valence-electron chi connectivity index (χ2n) is 6.37. The van der Waals surface area contributed by atoms with Gasteiger partial charge in [0.15, 0.2) is 0 Å². The Hall–Kier alpha value is -1.50. The first kappa shape index (κ1) is 16.4. The van der Waals surface area contributed by atoms with Crippen molar-refractivity contribution in [1.29, 1.82) is 0 Å². The first-order chi connectivity index (χ1) is 10.9. The van der Waals surface area contributed by atoms with Gasteiger partial charge in [0.2, 0.25) is 0 Å². The van der Waals surface area contributed by atoms with Crippen LogP contribution in [0.2, 0.25) is 5.02 Å². The van der Waals surface area contributed by atoms with E-state index in [1.165, 1.54) is 6.07 Å². The van der Waals surface area contributed by atoms with Crippen LogP contribution in [0.4, 0.5) is 4.39 Å². The molecule has 0 aliphatic carbocycles. The van der Waals surface area contributed by atoms with E-state index in [1.807, 2.05) is 18.7 Å². The van der Waals surface area contributed by atoms with Crippen LogP contribution >= 0.6 is 11.6 Å². The Balaban J connectivity index is 1.74. The first-order valence-corrected chi connectivity index (χ1v) is 8.07. The summed E-state index contributed by atoms with van der Waals surface area (Å²) in [6.45, 7) is 5.41. The molecule has 23 heavy (non-hydrogen) atoms. The van der Waals surface area contributed by atoms with Crippen molar-refractivity contribution in [3.05, 3.63) is 46.5 Å². The van der Waals surface area contributed by atoms with E-state index in [-0.39, 0.29) is 11.9 Å². The molecule has 0 radical (unpaired) electrons. The SMILES string of the molecule is CC(C)n1cc([C@]2(O)CCN(Cc3c(F)cccc3Cl)C2)nn1. The molecule has 0 spiro atoms. The van der Waals surface area contributed by atoms with Crippen molar-refractivity contribution in [2.75, 3.05) is 13.1 Å². The van der Waals surface area contributed by atoms with Crippen molar-refractivity contribution in [2.24, 2.45) is 0 Å². The van der Waals surface area contributed by atoms with E-state index >= 15 is 0 Å². The molecule has 1 aliphatic heterocycles. The number of hydrogen-bond acceptors (Lipinski definition) is 4. The molecule has 1 fully saturated rings. The van der Waals surface area contributed by atoms with E-state index in [0.717, 1.165) is 0 Å². The van der Waals surface area contributed by atoms with Gasteiger partial charge in [-0.2, -0.15) is 0 Å². The topological polar surface area (TPSA) is 54.2 Å². The zero-order valence-corrected chi connectivity index (χ0v) is 14.0. The van der Waals surface area contributed by atoms with Gasteiger partial charge in [-0.05, 0) is 32.4 Å². The van der Waals surface area contributed by atoms with Crippen LogP contribution in [0.25, 0.3) is 0 Å². The number of halogens is 2. The highest BCUT2D eigenvalue weighted by Gasteiger charge is 2.40. The Morgan fingerprint density at radius 3 is 2.87 bits per heavy atom. The number of rotatable bonds is 4. The van der Waals surface area contributed by atoms with Crippen LogP contribution in [0.15, 0.2) is 24.4 Å². The van der Waals surface area contributed by atoms with Gasteiger partial charge in [0.1, 0.15) is 17.1 Å². The van der Waals surface area contributed by atoms with Crippen LogP contribution in [-0.4, -0.2) is 38.1 Å². The zero-order chi connectivity index (χ0) is 16.6. The van der Waals surface area contributed by atoms with E-state index in [2.05, 4.69) is 10.3 Å². The minimum absolute atomic E-state index is 0.189. The third kappa shape index (κ3) is 3.24. The largest absolute Gasteiger partial charge is 0.382 e. The lowest BCUT2D eigenvalue weighted by Crippen LogP contribution is -2.31. The number of hydrogen-bond donors (Lipinski definition) is 1. The highest BCUT2D eigenvalue weighted by atomic mass is 35.5. The van der Waals surface area contributed by atoms with E-state index < -0.39 is 5.60 Å². The van der Waals surface area contributed by atoms with Gasteiger partial charge in [-0.25, -0.2) is 9.07 Å². The molecule has 0 amide bonds. The summed E-state index contributed by atoms with van der Waals surface area (Å²) in [6.07, 6.45) is 2.32. The number of likely N-dealkylation sites (tertiary alicyclic amines) is 1. The predicted molar refractivity (Wildman–Crippen MR) is 85.6 cm³/mol. The van der Waals surface area contributed by atoms with E-state index in [9.17, 15) is 9.50 Å². The number of aliphatic hydroxyl groups is 1. The predicted octanol–water partition coefficient (Wildman–Crippen LogP) is 2.75. The van der Waals surface area contributed by atoms with Crippen molar-refractivity contribution in [2.45, 2.75) is 38.5 Å². The molecule has 1 saturated heterocycles. The van der Waals surface area contributed by atoms with E-state index in [0.29, 0.717) is 42.3 Å². The third-order valence-corrected chi connectivity index (χ3v) is 4.64. The lowest BCUT2D eigenvalue weighted by molar-refractivity contribution is 0.0407. The highest BCUT2D eigenvalue weighted by Crippen LogP contribution is 2.32. The molecule has 3 rings (SSSR count). The number of nitrogens with zero attached hydrogens (tertiary/aromatic N) is 4.